The molecule has 1 heterocycles. The highest BCUT2D eigenvalue weighted by atomic mass is 32.1. The Bertz CT molecular complexity index is 421. The van der Waals surface area contributed by atoms with Crippen molar-refractivity contribution in [2.75, 3.05) is 6.54 Å². The summed E-state index contributed by atoms with van der Waals surface area (Å²) < 4.78 is 0. The second-order valence-corrected chi connectivity index (χ2v) is 6.28. The summed E-state index contributed by atoms with van der Waals surface area (Å²) >= 11 is 1.65. The smallest absolute Gasteiger partial charge is 0.226 e. The van der Waals surface area contributed by atoms with Crippen LogP contribution in [-0.2, 0) is 11.3 Å². The van der Waals surface area contributed by atoms with Gasteiger partial charge in [0.2, 0.25) is 5.91 Å². The second-order valence-electron chi connectivity index (χ2n) is 5.25. The molecule has 0 aromatic carbocycles. The van der Waals surface area contributed by atoms with E-state index in [1.54, 1.807) is 22.3 Å². The number of hydrogen-bond donors (Lipinski definition) is 1. The molecular formula is C15H21NO2S. The van der Waals surface area contributed by atoms with Gasteiger partial charge in [0, 0.05) is 11.4 Å². The Kier molecular flexibility index (Phi) is 4.77. The monoisotopic (exact) mass is 279 g/mol. The Balaban J connectivity index is 1.97. The molecular weight excluding hydrogens is 258 g/mol. The van der Waals surface area contributed by atoms with Crippen molar-refractivity contribution in [3.05, 3.63) is 35.0 Å². The van der Waals surface area contributed by atoms with E-state index < -0.39 is 5.60 Å². The maximum Gasteiger partial charge on any atom is 0.226 e. The van der Waals surface area contributed by atoms with Gasteiger partial charge in [-0.2, -0.15) is 0 Å². The van der Waals surface area contributed by atoms with E-state index in [9.17, 15) is 9.90 Å². The van der Waals surface area contributed by atoms with Gasteiger partial charge in [0.15, 0.2) is 0 Å². The van der Waals surface area contributed by atoms with Gasteiger partial charge in [0.05, 0.1) is 18.6 Å². The van der Waals surface area contributed by atoms with Gasteiger partial charge in [-0.15, -0.1) is 17.9 Å². The molecule has 0 radical (unpaired) electrons. The normalized spacial score (nSPS) is 17.3. The minimum absolute atomic E-state index is 0.0256. The van der Waals surface area contributed by atoms with E-state index in [0.29, 0.717) is 13.1 Å². The highest BCUT2D eigenvalue weighted by Gasteiger charge is 2.34. The first-order valence-electron chi connectivity index (χ1n) is 6.76. The molecule has 1 amide bonds. The van der Waals surface area contributed by atoms with Crippen LogP contribution in [0.15, 0.2) is 30.2 Å². The van der Waals surface area contributed by atoms with E-state index in [-0.39, 0.29) is 12.3 Å². The van der Waals surface area contributed by atoms with Crippen molar-refractivity contribution in [1.82, 2.24) is 4.90 Å². The van der Waals surface area contributed by atoms with Gasteiger partial charge in [0.1, 0.15) is 0 Å². The lowest BCUT2D eigenvalue weighted by molar-refractivity contribution is -0.136. The average Bonchev–Trinajstić information content (AvgIpc) is 3.00. The molecule has 0 bridgehead atoms. The molecule has 1 aliphatic rings. The number of nitrogens with zero attached hydrogens (tertiary/aromatic N) is 1. The summed E-state index contributed by atoms with van der Waals surface area (Å²) in [5, 5.41) is 12.3. The van der Waals surface area contributed by atoms with Gasteiger partial charge in [-0.3, -0.25) is 4.79 Å². The molecule has 1 aromatic rings. The number of amides is 1. The zero-order chi connectivity index (χ0) is 13.7. The van der Waals surface area contributed by atoms with Crippen molar-refractivity contribution in [3.8, 4) is 0 Å². The Labute approximate surface area is 118 Å². The van der Waals surface area contributed by atoms with Crippen LogP contribution in [0.2, 0.25) is 0 Å². The number of carbonyl (C=O) groups excluding carboxylic acids is 1. The zero-order valence-electron chi connectivity index (χ0n) is 11.2. The third-order valence-corrected chi connectivity index (χ3v) is 4.50. The van der Waals surface area contributed by atoms with Gasteiger partial charge in [-0.25, -0.2) is 0 Å². The predicted molar refractivity (Wildman–Crippen MR) is 78.0 cm³/mol. The summed E-state index contributed by atoms with van der Waals surface area (Å²) in [6.45, 7) is 4.85. The minimum atomic E-state index is -0.772. The molecule has 3 nitrogen and oxygen atoms in total. The largest absolute Gasteiger partial charge is 0.389 e. The van der Waals surface area contributed by atoms with Crippen molar-refractivity contribution in [2.45, 2.75) is 44.2 Å². The molecule has 19 heavy (non-hydrogen) atoms. The minimum Gasteiger partial charge on any atom is -0.389 e. The molecule has 1 N–H and O–H groups in total. The van der Waals surface area contributed by atoms with Crippen LogP contribution < -0.4 is 0 Å². The average molecular weight is 279 g/mol. The van der Waals surface area contributed by atoms with Gasteiger partial charge >= 0.3 is 0 Å². The van der Waals surface area contributed by atoms with Gasteiger partial charge < -0.3 is 10.0 Å². The van der Waals surface area contributed by atoms with E-state index in [4.69, 9.17) is 0 Å². The first-order chi connectivity index (χ1) is 9.13. The van der Waals surface area contributed by atoms with E-state index in [2.05, 4.69) is 6.58 Å². The van der Waals surface area contributed by atoms with E-state index >= 15 is 0 Å². The van der Waals surface area contributed by atoms with E-state index in [1.165, 1.54) is 0 Å². The van der Waals surface area contributed by atoms with Crippen molar-refractivity contribution in [3.63, 3.8) is 0 Å². The van der Waals surface area contributed by atoms with Crippen LogP contribution in [-0.4, -0.2) is 28.1 Å². The highest BCUT2D eigenvalue weighted by Crippen LogP contribution is 2.33. The van der Waals surface area contributed by atoms with Gasteiger partial charge in [0.25, 0.3) is 0 Å². The summed E-state index contributed by atoms with van der Waals surface area (Å²) in [7, 11) is 0. The molecule has 104 valence electrons. The lowest BCUT2D eigenvalue weighted by atomic mass is 9.97. The third kappa shape index (κ3) is 3.91. The summed E-state index contributed by atoms with van der Waals surface area (Å²) in [5.41, 5.74) is -0.772. The fraction of sp³-hybridized carbons (Fsp3) is 0.533. The fourth-order valence-electron chi connectivity index (χ4n) is 2.60. The Hall–Kier alpha value is -1.13. The summed E-state index contributed by atoms with van der Waals surface area (Å²) in [4.78, 5) is 15.3. The maximum absolute atomic E-state index is 12.3. The molecule has 0 unspecified atom stereocenters. The number of rotatable bonds is 6. The summed E-state index contributed by atoms with van der Waals surface area (Å²) in [6, 6.07) is 4.01. The van der Waals surface area contributed by atoms with Crippen LogP contribution in [0.4, 0.5) is 0 Å². The van der Waals surface area contributed by atoms with Crippen molar-refractivity contribution in [2.24, 2.45) is 0 Å². The molecule has 0 spiro atoms. The lowest BCUT2D eigenvalue weighted by Crippen LogP contribution is -2.37. The maximum atomic E-state index is 12.3. The van der Waals surface area contributed by atoms with Crippen LogP contribution in [0.3, 0.4) is 0 Å². The Morgan fingerprint density at radius 2 is 2.26 bits per heavy atom. The van der Waals surface area contributed by atoms with Crippen LogP contribution in [0.1, 0.15) is 37.0 Å². The molecule has 0 saturated heterocycles. The molecule has 0 aliphatic heterocycles. The lowest BCUT2D eigenvalue weighted by Gasteiger charge is -2.27. The first kappa shape index (κ1) is 14.3. The molecule has 1 saturated carbocycles. The predicted octanol–water partition coefficient (Wildman–Crippen LogP) is 2.96. The van der Waals surface area contributed by atoms with Crippen molar-refractivity contribution < 1.29 is 9.90 Å². The first-order valence-corrected chi connectivity index (χ1v) is 7.64. The van der Waals surface area contributed by atoms with Crippen LogP contribution in [0.25, 0.3) is 0 Å². The van der Waals surface area contributed by atoms with Crippen LogP contribution >= 0.6 is 11.3 Å². The van der Waals surface area contributed by atoms with Crippen LogP contribution in [0.5, 0.6) is 0 Å². The molecule has 1 aliphatic carbocycles. The molecule has 4 heteroatoms. The second kappa shape index (κ2) is 6.35. The van der Waals surface area contributed by atoms with Crippen molar-refractivity contribution >= 4 is 17.2 Å². The highest BCUT2D eigenvalue weighted by molar-refractivity contribution is 7.09. The van der Waals surface area contributed by atoms with Gasteiger partial charge in [-0.05, 0) is 24.3 Å². The summed E-state index contributed by atoms with van der Waals surface area (Å²) in [6.07, 6.45) is 5.53. The Morgan fingerprint density at radius 3 is 2.84 bits per heavy atom. The number of hydrogen-bond acceptors (Lipinski definition) is 3. The number of thiophene rings is 1. The van der Waals surface area contributed by atoms with Gasteiger partial charge in [-0.1, -0.05) is 25.0 Å². The zero-order valence-corrected chi connectivity index (χ0v) is 12.0. The molecule has 0 atom stereocenters. The third-order valence-electron chi connectivity index (χ3n) is 3.64. The Morgan fingerprint density at radius 1 is 1.53 bits per heavy atom. The number of aliphatic hydroxyl groups is 1. The molecule has 2 rings (SSSR count). The fourth-order valence-corrected chi connectivity index (χ4v) is 3.32. The van der Waals surface area contributed by atoms with E-state index in [0.717, 1.165) is 30.6 Å². The summed E-state index contributed by atoms with van der Waals surface area (Å²) in [5.74, 6) is 0.0256. The molecule has 1 aromatic heterocycles. The van der Waals surface area contributed by atoms with E-state index in [1.807, 2.05) is 17.5 Å². The van der Waals surface area contributed by atoms with Crippen molar-refractivity contribution in [1.29, 1.82) is 0 Å². The molecule has 1 fully saturated rings. The number of carbonyl (C=O) groups is 1. The topological polar surface area (TPSA) is 40.5 Å². The quantitative estimate of drug-likeness (QED) is 0.813. The van der Waals surface area contributed by atoms with Crippen LogP contribution in [0, 0.1) is 0 Å². The SMILES string of the molecule is C=CCN(Cc1cccs1)C(=O)CC1(O)CCCC1. The standard InChI is InChI=1S/C15H21NO2S/c1-2-9-16(12-13-6-5-10-19-13)14(17)11-15(18)7-3-4-8-15/h2,5-6,10,18H,1,3-4,7-9,11-12H2.